The number of hydrogen-bond acceptors (Lipinski definition) is 4. The predicted molar refractivity (Wildman–Crippen MR) is 59.6 cm³/mol. The number of nitriles is 1. The summed E-state index contributed by atoms with van der Waals surface area (Å²) in [5.41, 5.74) is 1.76. The number of hydrogen-bond donors (Lipinski definition) is 0. The quantitative estimate of drug-likeness (QED) is 0.685. The molecule has 0 aliphatic carbocycles. The van der Waals surface area contributed by atoms with Crippen molar-refractivity contribution in [2.75, 3.05) is 25.0 Å². The van der Waals surface area contributed by atoms with Gasteiger partial charge in [0.1, 0.15) is 6.34 Å². The Morgan fingerprint density at radius 2 is 2.00 bits per heavy atom. The van der Waals surface area contributed by atoms with Crippen molar-refractivity contribution in [1.82, 2.24) is 5.01 Å². The molecule has 1 aromatic carbocycles. The van der Waals surface area contributed by atoms with Crippen molar-refractivity contribution in [3.8, 4) is 6.07 Å². The second kappa shape index (κ2) is 4.01. The molecule has 4 nitrogen and oxygen atoms in total. The van der Waals surface area contributed by atoms with E-state index in [9.17, 15) is 0 Å². The van der Waals surface area contributed by atoms with Gasteiger partial charge in [0.25, 0.3) is 0 Å². The van der Waals surface area contributed by atoms with Gasteiger partial charge in [0, 0.05) is 19.3 Å². The Morgan fingerprint density at radius 3 is 2.53 bits per heavy atom. The van der Waals surface area contributed by atoms with Crippen LogP contribution in [-0.4, -0.2) is 31.5 Å². The third-order valence-electron chi connectivity index (χ3n) is 2.38. The highest BCUT2D eigenvalue weighted by molar-refractivity contribution is 5.79. The van der Waals surface area contributed by atoms with Crippen LogP contribution in [0.1, 0.15) is 5.56 Å². The van der Waals surface area contributed by atoms with Crippen molar-refractivity contribution < 1.29 is 0 Å². The lowest BCUT2D eigenvalue weighted by molar-refractivity contribution is 0.353. The molecule has 0 N–H and O–H groups in total. The molecule has 76 valence electrons. The van der Waals surface area contributed by atoms with Gasteiger partial charge in [-0.3, -0.25) is 5.01 Å². The fourth-order valence-electron chi connectivity index (χ4n) is 1.44. The van der Waals surface area contributed by atoms with Crippen LogP contribution in [0.25, 0.3) is 0 Å². The van der Waals surface area contributed by atoms with E-state index in [1.807, 2.05) is 42.7 Å². The molecule has 1 aliphatic heterocycles. The van der Waals surface area contributed by atoms with Crippen molar-refractivity contribution in [3.63, 3.8) is 0 Å². The summed E-state index contributed by atoms with van der Waals surface area (Å²) in [6, 6.07) is 9.63. The zero-order valence-electron chi connectivity index (χ0n) is 8.59. The SMILES string of the molecule is CN1CCN(c2ccc(C#N)cc2)C=N1. The maximum absolute atomic E-state index is 8.68. The van der Waals surface area contributed by atoms with Gasteiger partial charge in [-0.25, -0.2) is 0 Å². The summed E-state index contributed by atoms with van der Waals surface area (Å²) in [6.07, 6.45) is 1.81. The van der Waals surface area contributed by atoms with Crippen LogP contribution in [-0.2, 0) is 0 Å². The van der Waals surface area contributed by atoms with Gasteiger partial charge in [-0.1, -0.05) is 0 Å². The minimum absolute atomic E-state index is 0.685. The zero-order chi connectivity index (χ0) is 10.7. The fraction of sp³-hybridized carbons (Fsp3) is 0.273. The minimum Gasteiger partial charge on any atom is -0.329 e. The van der Waals surface area contributed by atoms with Crippen LogP contribution in [0.4, 0.5) is 5.69 Å². The summed E-state index contributed by atoms with van der Waals surface area (Å²) in [5, 5.41) is 14.8. The highest BCUT2D eigenvalue weighted by Gasteiger charge is 2.09. The lowest BCUT2D eigenvalue weighted by atomic mass is 10.2. The maximum atomic E-state index is 8.68. The Balaban J connectivity index is 2.17. The van der Waals surface area contributed by atoms with Crippen molar-refractivity contribution in [2.45, 2.75) is 0 Å². The molecular formula is C11H12N4. The third kappa shape index (κ3) is 2.08. The lowest BCUT2D eigenvalue weighted by Gasteiger charge is -2.27. The van der Waals surface area contributed by atoms with E-state index in [0.29, 0.717) is 5.56 Å². The van der Waals surface area contributed by atoms with E-state index >= 15 is 0 Å². The molecule has 1 aliphatic rings. The summed E-state index contributed by atoms with van der Waals surface area (Å²) in [6.45, 7) is 1.84. The monoisotopic (exact) mass is 200 g/mol. The summed E-state index contributed by atoms with van der Waals surface area (Å²) in [7, 11) is 1.95. The normalized spacial score (nSPS) is 15.2. The fourth-order valence-corrected chi connectivity index (χ4v) is 1.44. The first-order chi connectivity index (χ1) is 7.29. The van der Waals surface area contributed by atoms with Crippen LogP contribution in [0.2, 0.25) is 0 Å². The van der Waals surface area contributed by atoms with Gasteiger partial charge in [0.15, 0.2) is 0 Å². The Morgan fingerprint density at radius 1 is 1.27 bits per heavy atom. The van der Waals surface area contributed by atoms with Crippen LogP contribution in [0.3, 0.4) is 0 Å². The van der Waals surface area contributed by atoms with Gasteiger partial charge in [-0.05, 0) is 24.3 Å². The van der Waals surface area contributed by atoms with E-state index in [4.69, 9.17) is 5.26 Å². The predicted octanol–water partition coefficient (Wildman–Crippen LogP) is 1.25. The minimum atomic E-state index is 0.685. The molecule has 0 fully saturated rings. The second-order valence-electron chi connectivity index (χ2n) is 3.46. The molecule has 0 spiro atoms. The Bertz CT molecular complexity index is 402. The molecule has 0 amide bonds. The van der Waals surface area contributed by atoms with E-state index in [1.54, 1.807) is 0 Å². The topological polar surface area (TPSA) is 42.6 Å². The zero-order valence-corrected chi connectivity index (χ0v) is 8.59. The van der Waals surface area contributed by atoms with Gasteiger partial charge >= 0.3 is 0 Å². The van der Waals surface area contributed by atoms with E-state index in [2.05, 4.69) is 16.1 Å². The van der Waals surface area contributed by atoms with Crippen molar-refractivity contribution >= 4 is 12.0 Å². The van der Waals surface area contributed by atoms with Gasteiger partial charge in [0.2, 0.25) is 0 Å². The molecular weight excluding hydrogens is 188 g/mol. The molecule has 4 heteroatoms. The molecule has 1 heterocycles. The van der Waals surface area contributed by atoms with E-state index in [0.717, 1.165) is 18.8 Å². The van der Waals surface area contributed by atoms with Crippen molar-refractivity contribution in [3.05, 3.63) is 29.8 Å². The number of anilines is 1. The molecule has 0 saturated carbocycles. The molecule has 15 heavy (non-hydrogen) atoms. The average Bonchev–Trinajstić information content (AvgIpc) is 2.30. The van der Waals surface area contributed by atoms with E-state index < -0.39 is 0 Å². The highest BCUT2D eigenvalue weighted by atomic mass is 15.5. The second-order valence-corrected chi connectivity index (χ2v) is 3.46. The molecule has 2 rings (SSSR count). The molecule has 0 bridgehead atoms. The summed E-state index contributed by atoms with van der Waals surface area (Å²) in [4.78, 5) is 2.07. The summed E-state index contributed by atoms with van der Waals surface area (Å²) in [5.74, 6) is 0. The highest BCUT2D eigenvalue weighted by Crippen LogP contribution is 2.15. The van der Waals surface area contributed by atoms with Crippen LogP contribution >= 0.6 is 0 Å². The maximum Gasteiger partial charge on any atom is 0.115 e. The first-order valence-electron chi connectivity index (χ1n) is 4.81. The third-order valence-corrected chi connectivity index (χ3v) is 2.38. The molecule has 0 radical (unpaired) electrons. The summed E-state index contributed by atoms with van der Waals surface area (Å²) < 4.78 is 0. The smallest absolute Gasteiger partial charge is 0.115 e. The number of benzene rings is 1. The van der Waals surface area contributed by atoms with Gasteiger partial charge < -0.3 is 4.90 Å². The largest absolute Gasteiger partial charge is 0.329 e. The first kappa shape index (κ1) is 9.53. The van der Waals surface area contributed by atoms with Crippen molar-refractivity contribution in [2.24, 2.45) is 5.10 Å². The molecule has 0 atom stereocenters. The van der Waals surface area contributed by atoms with Crippen LogP contribution < -0.4 is 4.90 Å². The van der Waals surface area contributed by atoms with E-state index in [1.165, 1.54) is 0 Å². The lowest BCUT2D eigenvalue weighted by Crippen LogP contribution is -2.35. The van der Waals surface area contributed by atoms with Crippen LogP contribution in [0, 0.1) is 11.3 Å². The number of hydrazone groups is 1. The molecule has 0 saturated heterocycles. The Labute approximate surface area is 89.0 Å². The number of nitrogens with zero attached hydrogens (tertiary/aromatic N) is 4. The van der Waals surface area contributed by atoms with Crippen molar-refractivity contribution in [1.29, 1.82) is 5.26 Å². The Kier molecular flexibility index (Phi) is 2.55. The van der Waals surface area contributed by atoms with Crippen LogP contribution in [0.15, 0.2) is 29.4 Å². The number of rotatable bonds is 1. The standard InChI is InChI=1S/C11H12N4/c1-14-6-7-15(9-13-14)11-4-2-10(8-12)3-5-11/h2-5,9H,6-7H2,1H3. The molecule has 0 aromatic heterocycles. The molecule has 0 unspecified atom stereocenters. The van der Waals surface area contributed by atoms with Crippen LogP contribution in [0.5, 0.6) is 0 Å². The number of likely N-dealkylation sites (N-methyl/N-ethyl adjacent to an activating group) is 1. The van der Waals surface area contributed by atoms with Gasteiger partial charge in [-0.15, -0.1) is 0 Å². The molecule has 1 aromatic rings. The van der Waals surface area contributed by atoms with E-state index in [-0.39, 0.29) is 0 Å². The average molecular weight is 200 g/mol. The summed E-state index contributed by atoms with van der Waals surface area (Å²) >= 11 is 0. The Hall–Kier alpha value is -2.02. The van der Waals surface area contributed by atoms with Gasteiger partial charge in [-0.2, -0.15) is 10.4 Å². The first-order valence-corrected chi connectivity index (χ1v) is 4.81. The van der Waals surface area contributed by atoms with Gasteiger partial charge in [0.05, 0.1) is 18.2 Å².